The molecule has 3 N–H and O–H groups in total. The van der Waals surface area contributed by atoms with Crippen LogP contribution in [0.1, 0.15) is 51.1 Å². The number of anilines is 1. The van der Waals surface area contributed by atoms with Gasteiger partial charge in [-0.1, -0.05) is 13.0 Å². The molecule has 0 aliphatic carbocycles. The van der Waals surface area contributed by atoms with Crippen LogP contribution in [0.2, 0.25) is 0 Å². The van der Waals surface area contributed by atoms with Crippen LogP contribution < -0.4 is 20.7 Å². The van der Waals surface area contributed by atoms with E-state index in [0.29, 0.717) is 30.2 Å². The minimum atomic E-state index is -0.451. The van der Waals surface area contributed by atoms with Crippen LogP contribution in [0, 0.1) is 5.92 Å². The van der Waals surface area contributed by atoms with Crippen LogP contribution >= 0.6 is 0 Å². The van der Waals surface area contributed by atoms with Crippen molar-refractivity contribution >= 4 is 17.5 Å². The average Bonchev–Trinajstić information content (AvgIpc) is 3.12. The van der Waals surface area contributed by atoms with E-state index in [1.54, 1.807) is 0 Å². The molecule has 0 spiro atoms. The minimum Gasteiger partial charge on any atom is -0.478 e. The number of benzene rings is 1. The zero-order valence-corrected chi connectivity index (χ0v) is 14.9. The van der Waals surface area contributed by atoms with Crippen molar-refractivity contribution in [3.63, 3.8) is 0 Å². The third-order valence-corrected chi connectivity index (χ3v) is 5.02. The Morgan fingerprint density at radius 2 is 2.28 bits per heavy atom. The van der Waals surface area contributed by atoms with Crippen LogP contribution in [0.4, 0.5) is 5.69 Å². The summed E-state index contributed by atoms with van der Waals surface area (Å²) in [6.45, 7) is 5.97. The molecule has 1 aromatic rings. The second kappa shape index (κ2) is 7.87. The highest BCUT2D eigenvalue weighted by molar-refractivity contribution is 5.97. The van der Waals surface area contributed by atoms with Gasteiger partial charge in [0.2, 0.25) is 5.91 Å². The van der Waals surface area contributed by atoms with E-state index in [0.717, 1.165) is 31.5 Å². The highest BCUT2D eigenvalue weighted by atomic mass is 16.5. The van der Waals surface area contributed by atoms with Crippen LogP contribution in [0.15, 0.2) is 18.2 Å². The molecule has 0 radical (unpaired) electrons. The lowest BCUT2D eigenvalue weighted by atomic mass is 10.0. The first-order chi connectivity index (χ1) is 12.1. The summed E-state index contributed by atoms with van der Waals surface area (Å²) in [6, 6.07) is 5.56. The van der Waals surface area contributed by atoms with Crippen LogP contribution in [-0.2, 0) is 9.59 Å². The molecule has 2 aliphatic heterocycles. The molecule has 3 unspecified atom stereocenters. The van der Waals surface area contributed by atoms with Crippen LogP contribution in [-0.4, -0.2) is 31.0 Å². The van der Waals surface area contributed by atoms with Gasteiger partial charge in [0, 0.05) is 6.42 Å². The van der Waals surface area contributed by atoms with Gasteiger partial charge >= 0.3 is 0 Å². The summed E-state index contributed by atoms with van der Waals surface area (Å²) in [5.74, 6) is 1.26. The number of hydrogen-bond donors (Lipinski definition) is 3. The van der Waals surface area contributed by atoms with E-state index in [9.17, 15) is 9.59 Å². The van der Waals surface area contributed by atoms with Crippen molar-refractivity contribution in [2.24, 2.45) is 5.92 Å². The first-order valence-electron chi connectivity index (χ1n) is 9.18. The summed E-state index contributed by atoms with van der Waals surface area (Å²) in [4.78, 5) is 24.0. The zero-order chi connectivity index (χ0) is 17.8. The molecule has 25 heavy (non-hydrogen) atoms. The summed E-state index contributed by atoms with van der Waals surface area (Å²) in [5.41, 5.74) is 1.66. The predicted octanol–water partition coefficient (Wildman–Crippen LogP) is 2.36. The summed E-state index contributed by atoms with van der Waals surface area (Å²) in [6.07, 6.45) is 2.83. The number of carbonyl (C=O) groups excluding carboxylic acids is 2. The highest BCUT2D eigenvalue weighted by Gasteiger charge is 2.26. The van der Waals surface area contributed by atoms with Gasteiger partial charge in [-0.2, -0.15) is 0 Å². The lowest BCUT2D eigenvalue weighted by Crippen LogP contribution is -2.36. The molecule has 1 fully saturated rings. The Morgan fingerprint density at radius 3 is 3.00 bits per heavy atom. The summed E-state index contributed by atoms with van der Waals surface area (Å²) in [7, 11) is 0. The smallest absolute Gasteiger partial charge is 0.265 e. The van der Waals surface area contributed by atoms with E-state index in [4.69, 9.17) is 4.74 Å². The van der Waals surface area contributed by atoms with Gasteiger partial charge in [-0.05, 0) is 62.9 Å². The maximum absolute atomic E-state index is 12.2. The topological polar surface area (TPSA) is 79.5 Å². The number of hydrogen-bond acceptors (Lipinski definition) is 4. The fraction of sp³-hybridized carbons (Fsp3) is 0.579. The van der Waals surface area contributed by atoms with Crippen molar-refractivity contribution in [3.05, 3.63) is 23.8 Å². The van der Waals surface area contributed by atoms with Crippen molar-refractivity contribution in [1.29, 1.82) is 0 Å². The molecule has 3 rings (SSSR count). The van der Waals surface area contributed by atoms with Crippen molar-refractivity contribution in [2.45, 2.75) is 51.7 Å². The number of nitrogens with one attached hydrogen (secondary N) is 3. The normalized spacial score (nSPS) is 23.4. The van der Waals surface area contributed by atoms with Gasteiger partial charge in [-0.3, -0.25) is 9.59 Å². The van der Waals surface area contributed by atoms with Gasteiger partial charge in [0.15, 0.2) is 6.10 Å². The first kappa shape index (κ1) is 17.7. The van der Waals surface area contributed by atoms with E-state index in [1.165, 1.54) is 0 Å². The Kier molecular flexibility index (Phi) is 5.58. The van der Waals surface area contributed by atoms with Crippen molar-refractivity contribution < 1.29 is 14.3 Å². The van der Waals surface area contributed by atoms with Crippen molar-refractivity contribution in [2.75, 3.05) is 18.4 Å². The Hall–Kier alpha value is -2.08. The SMILES string of the molecule is CCC1Oc2cc(C(C)NC(=O)CCC3CCNC3)ccc2NC1=O. The second-order valence-corrected chi connectivity index (χ2v) is 6.95. The molecule has 136 valence electrons. The Labute approximate surface area is 148 Å². The van der Waals surface area contributed by atoms with Gasteiger partial charge in [0.1, 0.15) is 5.75 Å². The summed E-state index contributed by atoms with van der Waals surface area (Å²) >= 11 is 0. The summed E-state index contributed by atoms with van der Waals surface area (Å²) < 4.78 is 5.77. The molecule has 6 nitrogen and oxygen atoms in total. The number of amides is 2. The Balaban J connectivity index is 1.57. The van der Waals surface area contributed by atoms with Gasteiger partial charge < -0.3 is 20.7 Å². The molecule has 2 aliphatic rings. The van der Waals surface area contributed by atoms with E-state index in [2.05, 4.69) is 16.0 Å². The molecular formula is C19H27N3O3. The quantitative estimate of drug-likeness (QED) is 0.739. The fourth-order valence-electron chi connectivity index (χ4n) is 3.39. The molecule has 0 bridgehead atoms. The van der Waals surface area contributed by atoms with E-state index in [1.807, 2.05) is 32.0 Å². The Bertz CT molecular complexity index is 641. The molecule has 1 aromatic carbocycles. The average molecular weight is 345 g/mol. The standard InChI is InChI=1S/C19H27N3O3/c1-3-16-19(24)22-15-6-5-14(10-17(15)25-16)12(2)21-18(23)7-4-13-8-9-20-11-13/h5-6,10,12-13,16,20H,3-4,7-9,11H2,1-2H3,(H,21,23)(H,22,24). The van der Waals surface area contributed by atoms with Gasteiger partial charge in [-0.25, -0.2) is 0 Å². The lowest BCUT2D eigenvalue weighted by Gasteiger charge is -2.26. The minimum absolute atomic E-state index is 0.0813. The molecule has 0 saturated carbocycles. The highest BCUT2D eigenvalue weighted by Crippen LogP contribution is 2.33. The summed E-state index contributed by atoms with van der Waals surface area (Å²) in [5, 5.41) is 9.25. The van der Waals surface area contributed by atoms with Crippen molar-refractivity contribution in [3.8, 4) is 5.75 Å². The molecule has 1 saturated heterocycles. The number of carbonyl (C=O) groups is 2. The molecule has 0 aromatic heterocycles. The van der Waals surface area contributed by atoms with E-state index in [-0.39, 0.29) is 17.9 Å². The van der Waals surface area contributed by atoms with E-state index >= 15 is 0 Å². The lowest BCUT2D eigenvalue weighted by molar-refractivity contribution is -0.123. The molecule has 2 heterocycles. The van der Waals surface area contributed by atoms with Gasteiger partial charge in [-0.15, -0.1) is 0 Å². The largest absolute Gasteiger partial charge is 0.478 e. The van der Waals surface area contributed by atoms with Crippen LogP contribution in [0.5, 0.6) is 5.75 Å². The fourth-order valence-corrected chi connectivity index (χ4v) is 3.39. The van der Waals surface area contributed by atoms with Crippen molar-refractivity contribution in [1.82, 2.24) is 10.6 Å². The third kappa shape index (κ3) is 4.31. The first-order valence-corrected chi connectivity index (χ1v) is 9.18. The maximum Gasteiger partial charge on any atom is 0.265 e. The number of rotatable bonds is 6. The van der Waals surface area contributed by atoms with Crippen LogP contribution in [0.25, 0.3) is 0 Å². The Morgan fingerprint density at radius 1 is 1.44 bits per heavy atom. The number of fused-ring (bicyclic) bond motifs is 1. The number of ether oxygens (including phenoxy) is 1. The second-order valence-electron chi connectivity index (χ2n) is 6.95. The van der Waals surface area contributed by atoms with Crippen LogP contribution in [0.3, 0.4) is 0 Å². The third-order valence-electron chi connectivity index (χ3n) is 5.02. The zero-order valence-electron chi connectivity index (χ0n) is 14.9. The molecule has 6 heteroatoms. The van der Waals surface area contributed by atoms with Gasteiger partial charge in [0.25, 0.3) is 5.91 Å². The molecular weight excluding hydrogens is 318 g/mol. The maximum atomic E-state index is 12.2. The molecule has 3 atom stereocenters. The van der Waals surface area contributed by atoms with Gasteiger partial charge in [0.05, 0.1) is 11.7 Å². The molecule has 2 amide bonds. The predicted molar refractivity (Wildman–Crippen MR) is 96.5 cm³/mol. The monoisotopic (exact) mass is 345 g/mol. The van der Waals surface area contributed by atoms with E-state index < -0.39 is 6.10 Å².